The highest BCUT2D eigenvalue weighted by Crippen LogP contribution is 2.27. The third kappa shape index (κ3) is 2.30. The van der Waals surface area contributed by atoms with Crippen LogP contribution in [0.2, 0.25) is 0 Å². The van der Waals surface area contributed by atoms with Crippen LogP contribution in [0.15, 0.2) is 23.8 Å². The predicted molar refractivity (Wildman–Crippen MR) is 62.6 cm³/mol. The fraction of sp³-hybridized carbons (Fsp3) is 0.273. The summed E-state index contributed by atoms with van der Waals surface area (Å²) in [5.41, 5.74) is 1.89. The van der Waals surface area contributed by atoms with Crippen molar-refractivity contribution in [2.24, 2.45) is 0 Å². The first-order valence-corrected chi connectivity index (χ1v) is 5.85. The Bertz CT molecular complexity index is 476. The van der Waals surface area contributed by atoms with Gasteiger partial charge in [0.1, 0.15) is 5.01 Å². The maximum atomic E-state index is 10.6. The summed E-state index contributed by atoms with van der Waals surface area (Å²) in [6, 6.07) is 1.95. The highest BCUT2D eigenvalue weighted by Gasteiger charge is 2.14. The van der Waals surface area contributed by atoms with Gasteiger partial charge in [-0.05, 0) is 6.07 Å². The predicted octanol–water partition coefficient (Wildman–Crippen LogP) is 2.72. The molecule has 4 nitrogen and oxygen atoms in total. The second-order valence-corrected chi connectivity index (χ2v) is 4.53. The van der Waals surface area contributed by atoms with Gasteiger partial charge in [-0.15, -0.1) is 11.3 Å². The van der Waals surface area contributed by atoms with E-state index < -0.39 is 5.97 Å². The molecule has 0 spiro atoms. The number of hydrogen-bond donors (Lipinski definition) is 2. The maximum Gasteiger partial charge on any atom is 0.304 e. The summed E-state index contributed by atoms with van der Waals surface area (Å²) in [6.07, 6.45) is 3.85. The van der Waals surface area contributed by atoms with Crippen LogP contribution in [0.25, 0.3) is 10.6 Å². The van der Waals surface area contributed by atoms with Crippen LogP contribution in [0.4, 0.5) is 0 Å². The van der Waals surface area contributed by atoms with Gasteiger partial charge in [0.15, 0.2) is 0 Å². The molecule has 0 aliphatic rings. The summed E-state index contributed by atoms with van der Waals surface area (Å²) in [6.45, 7) is 1.88. The van der Waals surface area contributed by atoms with Crippen molar-refractivity contribution in [3.63, 3.8) is 0 Å². The summed E-state index contributed by atoms with van der Waals surface area (Å²) in [7, 11) is 0. The van der Waals surface area contributed by atoms with Gasteiger partial charge in [-0.1, -0.05) is 6.92 Å². The SMILES string of the molecule is CC(CC(=O)O)c1csc(-c2cc[nH]c2)n1. The molecule has 2 rings (SSSR count). The second-order valence-electron chi connectivity index (χ2n) is 3.68. The second kappa shape index (κ2) is 4.49. The third-order valence-electron chi connectivity index (χ3n) is 2.35. The zero-order valence-corrected chi connectivity index (χ0v) is 9.62. The molecule has 1 unspecified atom stereocenters. The fourth-order valence-electron chi connectivity index (χ4n) is 1.47. The zero-order valence-electron chi connectivity index (χ0n) is 8.80. The van der Waals surface area contributed by atoms with Crippen LogP contribution in [0.1, 0.15) is 25.0 Å². The quantitative estimate of drug-likeness (QED) is 0.857. The van der Waals surface area contributed by atoms with E-state index in [1.807, 2.05) is 30.8 Å². The number of rotatable bonds is 4. The summed E-state index contributed by atoms with van der Waals surface area (Å²) >= 11 is 1.54. The number of aliphatic carboxylic acids is 1. The van der Waals surface area contributed by atoms with Crippen LogP contribution < -0.4 is 0 Å². The number of nitrogens with zero attached hydrogens (tertiary/aromatic N) is 1. The number of aromatic nitrogens is 2. The number of thiazole rings is 1. The molecule has 5 heteroatoms. The van der Waals surface area contributed by atoms with Crippen molar-refractivity contribution in [2.45, 2.75) is 19.3 Å². The Morgan fingerprint density at radius 2 is 2.50 bits per heavy atom. The zero-order chi connectivity index (χ0) is 11.5. The molecule has 2 N–H and O–H groups in total. The standard InChI is InChI=1S/C11H12N2O2S/c1-7(4-10(14)15)9-6-16-11(13-9)8-2-3-12-5-8/h2-3,5-7,12H,4H2,1H3,(H,14,15). The highest BCUT2D eigenvalue weighted by molar-refractivity contribution is 7.13. The van der Waals surface area contributed by atoms with Crippen molar-refractivity contribution in [2.75, 3.05) is 0 Å². The first-order valence-electron chi connectivity index (χ1n) is 4.97. The van der Waals surface area contributed by atoms with E-state index in [4.69, 9.17) is 5.11 Å². The molecule has 0 aliphatic carbocycles. The van der Waals surface area contributed by atoms with E-state index in [0.29, 0.717) is 0 Å². The molecular formula is C11H12N2O2S. The first-order chi connectivity index (χ1) is 7.66. The van der Waals surface area contributed by atoms with Crippen molar-refractivity contribution in [1.29, 1.82) is 0 Å². The van der Waals surface area contributed by atoms with Crippen LogP contribution >= 0.6 is 11.3 Å². The molecule has 1 atom stereocenters. The number of nitrogens with one attached hydrogen (secondary N) is 1. The van der Waals surface area contributed by atoms with Crippen LogP contribution in [0.3, 0.4) is 0 Å². The van der Waals surface area contributed by atoms with E-state index >= 15 is 0 Å². The van der Waals surface area contributed by atoms with Crippen LogP contribution in [0.5, 0.6) is 0 Å². The first kappa shape index (κ1) is 10.9. The van der Waals surface area contributed by atoms with Gasteiger partial charge in [0, 0.05) is 29.3 Å². The lowest BCUT2D eigenvalue weighted by Crippen LogP contribution is -2.02. The molecule has 2 aromatic rings. The lowest BCUT2D eigenvalue weighted by atomic mass is 10.1. The number of aromatic amines is 1. The molecule has 0 saturated heterocycles. The van der Waals surface area contributed by atoms with Crippen molar-refractivity contribution in [3.8, 4) is 10.6 Å². The molecular weight excluding hydrogens is 224 g/mol. The minimum absolute atomic E-state index is 0.0403. The minimum Gasteiger partial charge on any atom is -0.481 e. The summed E-state index contributed by atoms with van der Waals surface area (Å²) in [5.74, 6) is -0.829. The Balaban J connectivity index is 2.16. The smallest absolute Gasteiger partial charge is 0.304 e. The average Bonchev–Trinajstić information content (AvgIpc) is 2.87. The van der Waals surface area contributed by atoms with Crippen LogP contribution in [0, 0.1) is 0 Å². The Morgan fingerprint density at radius 3 is 3.12 bits per heavy atom. The van der Waals surface area contributed by atoms with Gasteiger partial charge >= 0.3 is 5.97 Å². The highest BCUT2D eigenvalue weighted by atomic mass is 32.1. The number of hydrogen-bond acceptors (Lipinski definition) is 3. The van der Waals surface area contributed by atoms with E-state index in [1.165, 1.54) is 11.3 Å². The van der Waals surface area contributed by atoms with E-state index in [1.54, 1.807) is 0 Å². The number of carboxylic acid groups (broad SMARTS) is 1. The van der Waals surface area contributed by atoms with Crippen LogP contribution in [-0.4, -0.2) is 21.0 Å². The molecule has 0 bridgehead atoms. The van der Waals surface area contributed by atoms with Gasteiger partial charge in [-0.25, -0.2) is 4.98 Å². The fourth-order valence-corrected chi connectivity index (χ4v) is 2.41. The van der Waals surface area contributed by atoms with Crippen molar-refractivity contribution in [1.82, 2.24) is 9.97 Å². The van der Waals surface area contributed by atoms with Crippen molar-refractivity contribution >= 4 is 17.3 Å². The van der Waals surface area contributed by atoms with E-state index in [0.717, 1.165) is 16.3 Å². The number of carboxylic acids is 1. The lowest BCUT2D eigenvalue weighted by Gasteiger charge is -2.03. The van der Waals surface area contributed by atoms with Crippen molar-refractivity contribution in [3.05, 3.63) is 29.5 Å². The van der Waals surface area contributed by atoms with Gasteiger partial charge in [-0.3, -0.25) is 4.79 Å². The summed E-state index contributed by atoms with van der Waals surface area (Å²) in [5, 5.41) is 11.6. The van der Waals surface area contributed by atoms with Crippen LogP contribution in [-0.2, 0) is 4.79 Å². The molecule has 0 amide bonds. The minimum atomic E-state index is -0.788. The van der Waals surface area contributed by atoms with E-state index in [9.17, 15) is 4.79 Å². The van der Waals surface area contributed by atoms with Gasteiger partial charge in [0.2, 0.25) is 0 Å². The Kier molecular flexibility index (Phi) is 3.05. The monoisotopic (exact) mass is 236 g/mol. The molecule has 0 radical (unpaired) electrons. The molecule has 0 aliphatic heterocycles. The molecule has 0 saturated carbocycles. The van der Waals surface area contributed by atoms with Crippen molar-refractivity contribution < 1.29 is 9.90 Å². The Hall–Kier alpha value is -1.62. The van der Waals surface area contributed by atoms with Gasteiger partial charge < -0.3 is 10.1 Å². The third-order valence-corrected chi connectivity index (χ3v) is 3.26. The molecule has 0 aromatic carbocycles. The average molecular weight is 236 g/mol. The Labute approximate surface area is 97.0 Å². The van der Waals surface area contributed by atoms with Gasteiger partial charge in [0.05, 0.1) is 12.1 Å². The normalized spacial score (nSPS) is 12.6. The topological polar surface area (TPSA) is 66.0 Å². The van der Waals surface area contributed by atoms with E-state index in [-0.39, 0.29) is 12.3 Å². The summed E-state index contributed by atoms with van der Waals surface area (Å²) in [4.78, 5) is 18.0. The molecule has 16 heavy (non-hydrogen) atoms. The maximum absolute atomic E-state index is 10.6. The lowest BCUT2D eigenvalue weighted by molar-refractivity contribution is -0.137. The van der Waals surface area contributed by atoms with E-state index in [2.05, 4.69) is 9.97 Å². The number of H-pyrrole nitrogens is 1. The largest absolute Gasteiger partial charge is 0.481 e. The molecule has 2 heterocycles. The number of carbonyl (C=O) groups is 1. The molecule has 2 aromatic heterocycles. The van der Waals surface area contributed by atoms with Gasteiger partial charge in [-0.2, -0.15) is 0 Å². The van der Waals surface area contributed by atoms with Gasteiger partial charge in [0.25, 0.3) is 0 Å². The molecule has 0 fully saturated rings. The summed E-state index contributed by atoms with van der Waals surface area (Å²) < 4.78 is 0. The Morgan fingerprint density at radius 1 is 1.69 bits per heavy atom. The molecule has 84 valence electrons.